The van der Waals surface area contributed by atoms with E-state index in [-0.39, 0.29) is 0 Å². The fraction of sp³-hybridized carbons (Fsp3) is 0.625. The SMILES string of the molecule is CCCCCC[n+]1ccc(C)cc1.O=S(=O)([C-](S(=O)(=O)C(F)(F)F)S(=O)(=O)C(F)(F)F)C(F)(F)F. The Balaban J connectivity index is 0.000000750. The fourth-order valence-corrected chi connectivity index (χ4v) is 7.85. The summed E-state index contributed by atoms with van der Waals surface area (Å²) in [7, 11) is -24.1. The molecular weight excluding hydrogens is 569 g/mol. The van der Waals surface area contributed by atoms with Crippen molar-refractivity contribution in [2.75, 3.05) is 0 Å². The largest absolute Gasteiger partial charge is 0.470 e. The van der Waals surface area contributed by atoms with Gasteiger partial charge in [0.2, 0.25) is 0 Å². The van der Waals surface area contributed by atoms with Crippen molar-refractivity contribution in [2.45, 2.75) is 62.6 Å². The van der Waals surface area contributed by atoms with Crippen LogP contribution in [-0.4, -0.2) is 41.8 Å². The highest BCUT2D eigenvalue weighted by atomic mass is 32.3. The van der Waals surface area contributed by atoms with Crippen molar-refractivity contribution in [3.05, 3.63) is 34.0 Å². The van der Waals surface area contributed by atoms with Crippen molar-refractivity contribution in [3.63, 3.8) is 0 Å². The van der Waals surface area contributed by atoms with Crippen molar-refractivity contribution in [2.24, 2.45) is 0 Å². The van der Waals surface area contributed by atoms with Crippen LogP contribution in [0.3, 0.4) is 0 Å². The Hall–Kier alpha value is -1.63. The van der Waals surface area contributed by atoms with Crippen LogP contribution in [0.1, 0.15) is 38.2 Å². The zero-order chi connectivity index (χ0) is 28.1. The molecule has 1 heterocycles. The molecule has 7 nitrogen and oxygen atoms in total. The molecule has 1 rings (SSSR count). The van der Waals surface area contributed by atoms with Gasteiger partial charge in [0, 0.05) is 18.6 Å². The van der Waals surface area contributed by atoms with E-state index < -0.39 is 50.0 Å². The van der Waals surface area contributed by atoms with E-state index in [0.29, 0.717) is 0 Å². The average Bonchev–Trinajstić information content (AvgIpc) is 2.64. The molecular formula is C16H20F9NO6S3. The lowest BCUT2D eigenvalue weighted by atomic mass is 10.2. The molecule has 35 heavy (non-hydrogen) atoms. The van der Waals surface area contributed by atoms with Crippen LogP contribution in [0.4, 0.5) is 39.5 Å². The van der Waals surface area contributed by atoms with Gasteiger partial charge in [0.1, 0.15) is 6.54 Å². The highest BCUT2D eigenvalue weighted by Gasteiger charge is 2.63. The lowest BCUT2D eigenvalue weighted by Gasteiger charge is -2.31. The molecule has 19 heteroatoms. The van der Waals surface area contributed by atoms with E-state index in [0.717, 1.165) is 0 Å². The predicted octanol–water partition coefficient (Wildman–Crippen LogP) is 4.10. The molecule has 1 aromatic rings. The van der Waals surface area contributed by atoms with Crippen LogP contribution in [0, 0.1) is 10.8 Å². The standard InChI is InChI=1S/C12H20N.C4F9O6S3/c1-3-4-5-6-9-13-10-7-12(2)8-11-13;5-2(6,7)20(14,15)1(21(16,17)3(8,9)10)22(18,19)4(11,12)13/h7-8,10-11H,3-6,9H2,1-2H3;/q+1;-1. The first kappa shape index (κ1) is 33.4. The summed E-state index contributed by atoms with van der Waals surface area (Å²) < 4.78 is 170. The Labute approximate surface area is 195 Å². The zero-order valence-corrected chi connectivity index (χ0v) is 20.3. The number of unbranched alkanes of at least 4 members (excludes halogenated alkanes) is 3. The number of aryl methyl sites for hydroxylation is 2. The third-order valence-corrected chi connectivity index (χ3v) is 11.0. The number of halogens is 9. The quantitative estimate of drug-likeness (QED) is 0.196. The summed E-state index contributed by atoms with van der Waals surface area (Å²) in [6.45, 7) is 5.54. The van der Waals surface area contributed by atoms with E-state index in [9.17, 15) is 64.8 Å². The molecule has 0 atom stereocenters. The van der Waals surface area contributed by atoms with Gasteiger partial charge in [-0.15, -0.1) is 0 Å². The van der Waals surface area contributed by atoms with Gasteiger partial charge in [-0.05, 0) is 18.9 Å². The van der Waals surface area contributed by atoms with Crippen molar-refractivity contribution >= 4 is 29.5 Å². The maximum absolute atomic E-state index is 12.0. The van der Waals surface area contributed by atoms with Gasteiger partial charge in [0.15, 0.2) is 41.9 Å². The first-order chi connectivity index (χ1) is 15.4. The molecule has 0 saturated heterocycles. The number of nitrogens with zero attached hydrogens (tertiary/aromatic N) is 1. The molecule has 0 radical (unpaired) electrons. The normalized spacial score (nSPS) is 13.9. The third-order valence-electron chi connectivity index (χ3n) is 3.90. The minimum absolute atomic E-state index is 1.17. The van der Waals surface area contributed by atoms with Crippen LogP contribution < -0.4 is 4.57 Å². The van der Waals surface area contributed by atoms with Gasteiger partial charge >= 0.3 is 16.5 Å². The monoisotopic (exact) mass is 589 g/mol. The van der Waals surface area contributed by atoms with Crippen LogP contribution in [0.25, 0.3) is 0 Å². The van der Waals surface area contributed by atoms with Crippen molar-refractivity contribution < 1.29 is 69.3 Å². The van der Waals surface area contributed by atoms with E-state index in [4.69, 9.17) is 0 Å². The van der Waals surface area contributed by atoms with E-state index in [1.165, 1.54) is 37.8 Å². The first-order valence-corrected chi connectivity index (χ1v) is 13.7. The Morgan fingerprint density at radius 1 is 0.686 bits per heavy atom. The average molecular weight is 590 g/mol. The Morgan fingerprint density at radius 3 is 1.31 bits per heavy atom. The zero-order valence-electron chi connectivity index (χ0n) is 17.9. The van der Waals surface area contributed by atoms with Crippen LogP contribution in [0.5, 0.6) is 0 Å². The Morgan fingerprint density at radius 2 is 1.03 bits per heavy atom. The van der Waals surface area contributed by atoms with Crippen LogP contribution >= 0.6 is 0 Å². The number of hydrogen-bond acceptors (Lipinski definition) is 6. The number of sulfone groups is 3. The molecule has 0 saturated carbocycles. The number of hydrogen-bond donors (Lipinski definition) is 0. The third kappa shape index (κ3) is 8.47. The highest BCUT2D eigenvalue weighted by Crippen LogP contribution is 2.47. The van der Waals surface area contributed by atoms with E-state index in [1.807, 2.05) is 0 Å². The molecule has 1 aromatic heterocycles. The molecule has 0 aliphatic heterocycles. The van der Waals surface area contributed by atoms with E-state index >= 15 is 0 Å². The molecule has 0 fully saturated rings. The summed E-state index contributed by atoms with van der Waals surface area (Å²) in [4.78, 5) is 0. The summed E-state index contributed by atoms with van der Waals surface area (Å²) in [5.74, 6) is 0. The van der Waals surface area contributed by atoms with E-state index in [2.05, 4.69) is 42.9 Å². The number of alkyl halides is 9. The molecule has 0 aliphatic rings. The predicted molar refractivity (Wildman–Crippen MR) is 104 cm³/mol. The second kappa shape index (κ2) is 11.6. The fourth-order valence-electron chi connectivity index (χ4n) is 2.12. The summed E-state index contributed by atoms with van der Waals surface area (Å²) in [5, 5.41) is 0. The summed E-state index contributed by atoms with van der Waals surface area (Å²) in [6, 6.07) is 4.33. The smallest absolute Gasteiger partial charge is 0.251 e. The number of aromatic nitrogens is 1. The molecule has 0 unspecified atom stereocenters. The van der Waals surface area contributed by atoms with Gasteiger partial charge in [-0.25, -0.2) is 4.57 Å². The molecule has 0 spiro atoms. The minimum Gasteiger partial charge on any atom is -0.251 e. The van der Waals surface area contributed by atoms with Crippen LogP contribution in [0.15, 0.2) is 24.5 Å². The van der Waals surface area contributed by atoms with Gasteiger partial charge in [-0.1, -0.05) is 19.8 Å². The lowest BCUT2D eigenvalue weighted by Crippen LogP contribution is -2.47. The second-order valence-corrected chi connectivity index (χ2v) is 13.2. The van der Waals surface area contributed by atoms with Gasteiger partial charge < -0.3 is 0 Å². The number of rotatable bonds is 8. The van der Waals surface area contributed by atoms with Gasteiger partial charge in [0.05, 0.1) is 3.91 Å². The first-order valence-electron chi connectivity index (χ1n) is 9.21. The number of pyridine rings is 1. The second-order valence-electron chi connectivity index (χ2n) is 6.77. The Bertz CT molecular complexity index is 1030. The topological polar surface area (TPSA) is 106 Å². The Kier molecular flexibility index (Phi) is 11.1. The van der Waals surface area contributed by atoms with Crippen LogP contribution in [0.2, 0.25) is 0 Å². The molecule has 0 N–H and O–H groups in total. The van der Waals surface area contributed by atoms with Gasteiger partial charge in [-0.3, -0.25) is 25.3 Å². The molecule has 0 bridgehead atoms. The molecule has 0 amide bonds. The minimum atomic E-state index is -8.02. The maximum Gasteiger partial charge on any atom is 0.470 e. The summed E-state index contributed by atoms with van der Waals surface area (Å²) in [5.41, 5.74) is -19.8. The summed E-state index contributed by atoms with van der Waals surface area (Å²) in [6.07, 6.45) is 9.69. The van der Waals surface area contributed by atoms with Gasteiger partial charge in [0.25, 0.3) is 0 Å². The highest BCUT2D eigenvalue weighted by molar-refractivity contribution is 8.29. The van der Waals surface area contributed by atoms with E-state index in [1.54, 1.807) is 0 Å². The van der Waals surface area contributed by atoms with Crippen LogP contribution in [-0.2, 0) is 36.1 Å². The molecule has 0 aliphatic carbocycles. The van der Waals surface area contributed by atoms with Gasteiger partial charge in [-0.2, -0.15) is 39.5 Å². The van der Waals surface area contributed by atoms with Crippen molar-refractivity contribution in [1.82, 2.24) is 0 Å². The lowest BCUT2D eigenvalue weighted by molar-refractivity contribution is -0.697. The summed E-state index contributed by atoms with van der Waals surface area (Å²) >= 11 is 0. The maximum atomic E-state index is 12.0. The van der Waals surface area contributed by atoms with Crippen molar-refractivity contribution in [3.8, 4) is 0 Å². The van der Waals surface area contributed by atoms with Crippen molar-refractivity contribution in [1.29, 1.82) is 0 Å². The molecule has 206 valence electrons. The molecule has 0 aromatic carbocycles.